The average Bonchev–Trinajstić information content (AvgIpc) is 2.48. The van der Waals surface area contributed by atoms with E-state index in [0.29, 0.717) is 23.3 Å². The van der Waals surface area contributed by atoms with Crippen LogP contribution in [0.4, 0.5) is 5.69 Å². The molecule has 3 atom stereocenters. The minimum Gasteiger partial charge on any atom is -0.366 e. The molecule has 4 heteroatoms. The lowest BCUT2D eigenvalue weighted by Gasteiger charge is -2.42. The van der Waals surface area contributed by atoms with E-state index in [1.54, 1.807) is 12.1 Å². The van der Waals surface area contributed by atoms with Crippen LogP contribution in [0.1, 0.15) is 50.4 Å². The second-order valence-electron chi connectivity index (χ2n) is 6.82. The van der Waals surface area contributed by atoms with Crippen LogP contribution in [0.3, 0.4) is 0 Å². The molecule has 1 aliphatic rings. The van der Waals surface area contributed by atoms with Crippen LogP contribution in [-0.2, 0) is 4.79 Å². The lowest BCUT2D eigenvalue weighted by atomic mass is 9.73. The van der Waals surface area contributed by atoms with Crippen molar-refractivity contribution in [2.45, 2.75) is 46.1 Å². The van der Waals surface area contributed by atoms with Crippen LogP contribution in [-0.4, -0.2) is 18.4 Å². The Bertz CT molecular complexity index is 524. The summed E-state index contributed by atoms with van der Waals surface area (Å²) in [7, 11) is 0. The van der Waals surface area contributed by atoms with Crippen LogP contribution in [0.15, 0.2) is 24.3 Å². The lowest BCUT2D eigenvalue weighted by molar-refractivity contribution is -0.108. The van der Waals surface area contributed by atoms with E-state index in [2.05, 4.69) is 20.8 Å². The zero-order valence-corrected chi connectivity index (χ0v) is 13.7. The molecule has 22 heavy (non-hydrogen) atoms. The molecule has 1 saturated carbocycles. The fraction of sp³-hybridized carbons (Fsp3) is 0.556. The molecule has 1 aromatic rings. The zero-order valence-electron chi connectivity index (χ0n) is 13.7. The fourth-order valence-electron chi connectivity index (χ4n) is 3.60. The monoisotopic (exact) mass is 302 g/mol. The van der Waals surface area contributed by atoms with E-state index in [1.807, 2.05) is 17.0 Å². The van der Waals surface area contributed by atoms with E-state index in [0.717, 1.165) is 24.9 Å². The summed E-state index contributed by atoms with van der Waals surface area (Å²) in [5.74, 6) is 1.24. The normalized spacial score (nSPS) is 25.0. The highest BCUT2D eigenvalue weighted by Crippen LogP contribution is 2.37. The molecule has 2 amide bonds. The Balaban J connectivity index is 2.28. The van der Waals surface area contributed by atoms with Crippen molar-refractivity contribution in [3.05, 3.63) is 29.8 Å². The van der Waals surface area contributed by atoms with Gasteiger partial charge in [-0.3, -0.25) is 9.59 Å². The van der Waals surface area contributed by atoms with Gasteiger partial charge in [-0.15, -0.1) is 0 Å². The van der Waals surface area contributed by atoms with Gasteiger partial charge in [0.1, 0.15) is 0 Å². The first-order valence-electron chi connectivity index (χ1n) is 8.07. The first-order valence-corrected chi connectivity index (χ1v) is 8.07. The van der Waals surface area contributed by atoms with Crippen molar-refractivity contribution in [1.82, 2.24) is 0 Å². The third kappa shape index (κ3) is 3.49. The van der Waals surface area contributed by atoms with Crippen molar-refractivity contribution in [2.24, 2.45) is 23.5 Å². The predicted molar refractivity (Wildman–Crippen MR) is 88.6 cm³/mol. The van der Waals surface area contributed by atoms with E-state index in [9.17, 15) is 9.59 Å². The van der Waals surface area contributed by atoms with Gasteiger partial charge < -0.3 is 10.6 Å². The summed E-state index contributed by atoms with van der Waals surface area (Å²) in [6.07, 6.45) is 4.34. The highest BCUT2D eigenvalue weighted by atomic mass is 16.1. The van der Waals surface area contributed by atoms with E-state index in [-0.39, 0.29) is 6.04 Å². The predicted octanol–water partition coefficient (Wildman–Crippen LogP) is 3.21. The van der Waals surface area contributed by atoms with Gasteiger partial charge >= 0.3 is 0 Å². The van der Waals surface area contributed by atoms with Crippen molar-refractivity contribution in [3.63, 3.8) is 0 Å². The molecule has 4 nitrogen and oxygen atoms in total. The summed E-state index contributed by atoms with van der Waals surface area (Å²) >= 11 is 0. The van der Waals surface area contributed by atoms with Crippen molar-refractivity contribution in [1.29, 1.82) is 0 Å². The minimum atomic E-state index is -0.449. The molecular weight excluding hydrogens is 276 g/mol. The van der Waals surface area contributed by atoms with Gasteiger partial charge in [0.05, 0.1) is 0 Å². The van der Waals surface area contributed by atoms with Crippen molar-refractivity contribution in [2.75, 3.05) is 4.90 Å². The van der Waals surface area contributed by atoms with Gasteiger partial charge in [0, 0.05) is 17.3 Å². The van der Waals surface area contributed by atoms with E-state index in [4.69, 9.17) is 5.73 Å². The van der Waals surface area contributed by atoms with Crippen LogP contribution in [0, 0.1) is 17.8 Å². The number of rotatable bonds is 5. The number of anilines is 1. The standard InChI is InChI=1S/C18H26N2O2/c1-12(2)16-9-4-13(3)10-17(16)20(11-21)15-7-5-14(6-8-15)18(19)22/h5-8,11-13,16-17H,4,9-10H2,1-3H3,(H2,19,22). The number of nitrogens with zero attached hydrogens (tertiary/aromatic N) is 1. The van der Waals surface area contributed by atoms with Crippen LogP contribution >= 0.6 is 0 Å². The summed E-state index contributed by atoms with van der Waals surface area (Å²) in [6, 6.07) is 7.21. The van der Waals surface area contributed by atoms with Crippen molar-refractivity contribution in [3.8, 4) is 0 Å². The van der Waals surface area contributed by atoms with Gasteiger partial charge in [-0.25, -0.2) is 0 Å². The van der Waals surface area contributed by atoms with Crippen LogP contribution in [0.2, 0.25) is 0 Å². The SMILES string of the molecule is CC1CCC(C(C)C)C(N(C=O)c2ccc(C(N)=O)cc2)C1. The van der Waals surface area contributed by atoms with E-state index >= 15 is 0 Å². The molecule has 120 valence electrons. The third-order valence-corrected chi connectivity index (χ3v) is 4.91. The van der Waals surface area contributed by atoms with Crippen LogP contribution in [0.5, 0.6) is 0 Å². The number of carbonyl (C=O) groups excluding carboxylic acids is 2. The summed E-state index contributed by atoms with van der Waals surface area (Å²) in [5, 5.41) is 0. The molecule has 0 radical (unpaired) electrons. The van der Waals surface area contributed by atoms with Gasteiger partial charge in [0.2, 0.25) is 12.3 Å². The number of primary amides is 1. The quantitative estimate of drug-likeness (QED) is 0.849. The fourth-order valence-corrected chi connectivity index (χ4v) is 3.60. The van der Waals surface area contributed by atoms with E-state index in [1.165, 1.54) is 6.42 Å². The number of hydrogen-bond donors (Lipinski definition) is 1. The topological polar surface area (TPSA) is 63.4 Å². The Labute approximate surface area is 132 Å². The number of benzene rings is 1. The van der Waals surface area contributed by atoms with E-state index < -0.39 is 5.91 Å². The smallest absolute Gasteiger partial charge is 0.248 e. The Kier molecular flexibility index (Phi) is 5.22. The summed E-state index contributed by atoms with van der Waals surface area (Å²) in [5.41, 5.74) is 6.58. The van der Waals surface area contributed by atoms with Gasteiger partial charge in [0.25, 0.3) is 0 Å². The Morgan fingerprint density at radius 1 is 1.27 bits per heavy atom. The van der Waals surface area contributed by atoms with Crippen molar-refractivity contribution >= 4 is 18.0 Å². The molecule has 1 aromatic carbocycles. The molecule has 0 saturated heterocycles. The molecule has 0 spiro atoms. The second kappa shape index (κ2) is 6.95. The summed E-state index contributed by atoms with van der Waals surface area (Å²) in [4.78, 5) is 24.7. The average molecular weight is 302 g/mol. The molecular formula is C18H26N2O2. The lowest BCUT2D eigenvalue weighted by Crippen LogP contribution is -2.45. The molecule has 3 unspecified atom stereocenters. The Morgan fingerprint density at radius 3 is 2.41 bits per heavy atom. The summed E-state index contributed by atoms with van der Waals surface area (Å²) < 4.78 is 0. The maximum atomic E-state index is 11.7. The molecule has 1 fully saturated rings. The summed E-state index contributed by atoms with van der Waals surface area (Å²) in [6.45, 7) is 6.71. The second-order valence-corrected chi connectivity index (χ2v) is 6.82. The van der Waals surface area contributed by atoms with Gasteiger partial charge in [0.15, 0.2) is 0 Å². The highest BCUT2D eigenvalue weighted by molar-refractivity contribution is 5.93. The van der Waals surface area contributed by atoms with Gasteiger partial charge in [-0.05, 0) is 54.9 Å². The molecule has 2 N–H and O–H groups in total. The maximum Gasteiger partial charge on any atom is 0.248 e. The van der Waals surface area contributed by atoms with Gasteiger partial charge in [-0.1, -0.05) is 27.2 Å². The number of nitrogens with two attached hydrogens (primary N) is 1. The number of hydrogen-bond acceptors (Lipinski definition) is 2. The molecule has 0 aliphatic heterocycles. The Hall–Kier alpha value is -1.84. The maximum absolute atomic E-state index is 11.7. The van der Waals surface area contributed by atoms with Gasteiger partial charge in [-0.2, -0.15) is 0 Å². The highest BCUT2D eigenvalue weighted by Gasteiger charge is 2.34. The van der Waals surface area contributed by atoms with Crippen LogP contribution < -0.4 is 10.6 Å². The molecule has 0 bridgehead atoms. The third-order valence-electron chi connectivity index (χ3n) is 4.91. The molecule has 0 aromatic heterocycles. The van der Waals surface area contributed by atoms with Crippen LogP contribution in [0.25, 0.3) is 0 Å². The Morgan fingerprint density at radius 2 is 1.91 bits per heavy atom. The largest absolute Gasteiger partial charge is 0.366 e. The minimum absolute atomic E-state index is 0.223. The zero-order chi connectivity index (χ0) is 16.3. The molecule has 2 rings (SSSR count). The number of carbonyl (C=O) groups is 2. The molecule has 0 heterocycles. The number of amides is 2. The molecule has 1 aliphatic carbocycles. The first kappa shape index (κ1) is 16.5. The van der Waals surface area contributed by atoms with Crippen molar-refractivity contribution < 1.29 is 9.59 Å². The first-order chi connectivity index (χ1) is 10.4.